The Balaban J connectivity index is 2.11. The molecule has 0 unspecified atom stereocenters. The maximum absolute atomic E-state index is 4.47. The van der Waals surface area contributed by atoms with Gasteiger partial charge in [-0.2, -0.15) is 15.0 Å². The van der Waals surface area contributed by atoms with Gasteiger partial charge in [-0.15, -0.1) is 0 Å². The number of hydrogen-bond donors (Lipinski definition) is 1. The molecule has 0 aliphatic heterocycles. The lowest BCUT2D eigenvalue weighted by Crippen LogP contribution is -2.35. The summed E-state index contributed by atoms with van der Waals surface area (Å²) in [4.78, 5) is 1.67. The van der Waals surface area contributed by atoms with Gasteiger partial charge in [0.1, 0.15) is 0 Å². The Kier molecular flexibility index (Phi) is 3.48. The molecule has 2 rings (SSSR count). The maximum Gasteiger partial charge on any atom is 0.0969 e. The first kappa shape index (κ1) is 12.8. The molecule has 0 aliphatic carbocycles. The first-order chi connectivity index (χ1) is 8.44. The highest BCUT2D eigenvalue weighted by molar-refractivity contribution is 5.33. The standard InChI is InChI=1S/C14H20N4/c1-11-6-5-7-13(8-11)18-16-10-12(17-18)9-15-14(2,3)4/h5-8,10,15H,9H2,1-4H3. The molecule has 0 atom stereocenters. The van der Waals surface area contributed by atoms with Crippen LogP contribution in [0, 0.1) is 6.92 Å². The van der Waals surface area contributed by atoms with Crippen molar-refractivity contribution in [2.24, 2.45) is 0 Å². The van der Waals surface area contributed by atoms with E-state index in [0.29, 0.717) is 0 Å². The summed E-state index contributed by atoms with van der Waals surface area (Å²) in [5.74, 6) is 0. The van der Waals surface area contributed by atoms with E-state index in [-0.39, 0.29) is 5.54 Å². The SMILES string of the molecule is Cc1cccc(-n2ncc(CNC(C)(C)C)n2)c1. The highest BCUT2D eigenvalue weighted by Gasteiger charge is 2.10. The van der Waals surface area contributed by atoms with Crippen molar-refractivity contribution >= 4 is 0 Å². The van der Waals surface area contributed by atoms with Crippen molar-refractivity contribution in [2.75, 3.05) is 0 Å². The Morgan fingerprint density at radius 2 is 2.06 bits per heavy atom. The fourth-order valence-electron chi connectivity index (χ4n) is 1.61. The van der Waals surface area contributed by atoms with Crippen molar-refractivity contribution in [3.63, 3.8) is 0 Å². The fraction of sp³-hybridized carbons (Fsp3) is 0.429. The normalized spacial score (nSPS) is 11.8. The molecule has 0 radical (unpaired) electrons. The van der Waals surface area contributed by atoms with Crippen LogP contribution in [0.4, 0.5) is 0 Å². The Labute approximate surface area is 108 Å². The summed E-state index contributed by atoms with van der Waals surface area (Å²) in [6.45, 7) is 9.21. The number of nitrogens with zero attached hydrogens (tertiary/aromatic N) is 3. The smallest absolute Gasteiger partial charge is 0.0969 e. The summed E-state index contributed by atoms with van der Waals surface area (Å²) in [5.41, 5.74) is 3.25. The molecule has 18 heavy (non-hydrogen) atoms. The molecule has 0 bridgehead atoms. The van der Waals surface area contributed by atoms with Crippen LogP contribution in [0.15, 0.2) is 30.5 Å². The molecule has 4 nitrogen and oxygen atoms in total. The summed E-state index contributed by atoms with van der Waals surface area (Å²) in [6, 6.07) is 8.16. The van der Waals surface area contributed by atoms with Crippen molar-refractivity contribution < 1.29 is 0 Å². The molecule has 0 aliphatic rings. The highest BCUT2D eigenvalue weighted by atomic mass is 15.5. The van der Waals surface area contributed by atoms with E-state index in [1.165, 1.54) is 5.56 Å². The molecule has 0 amide bonds. The van der Waals surface area contributed by atoms with Crippen LogP contribution in [0.25, 0.3) is 5.69 Å². The Morgan fingerprint density at radius 3 is 2.72 bits per heavy atom. The van der Waals surface area contributed by atoms with Crippen LogP contribution >= 0.6 is 0 Å². The van der Waals surface area contributed by atoms with Crippen molar-refractivity contribution in [1.82, 2.24) is 20.3 Å². The monoisotopic (exact) mass is 244 g/mol. The molecule has 1 N–H and O–H groups in total. The van der Waals surface area contributed by atoms with Crippen LogP contribution in [-0.2, 0) is 6.54 Å². The van der Waals surface area contributed by atoms with Gasteiger partial charge in [0.15, 0.2) is 0 Å². The summed E-state index contributed by atoms with van der Waals surface area (Å²) in [6.07, 6.45) is 1.81. The lowest BCUT2D eigenvalue weighted by molar-refractivity contribution is 0.420. The Bertz CT molecular complexity index is 523. The minimum atomic E-state index is 0.0904. The quantitative estimate of drug-likeness (QED) is 0.902. The van der Waals surface area contributed by atoms with Crippen LogP contribution < -0.4 is 5.32 Å². The first-order valence-electron chi connectivity index (χ1n) is 6.17. The summed E-state index contributed by atoms with van der Waals surface area (Å²) >= 11 is 0. The number of aryl methyl sites for hydroxylation is 1. The second kappa shape index (κ2) is 4.90. The van der Waals surface area contributed by atoms with Gasteiger partial charge in [-0.1, -0.05) is 12.1 Å². The number of rotatable bonds is 3. The molecule has 96 valence electrons. The predicted octanol–water partition coefficient (Wildman–Crippen LogP) is 2.46. The van der Waals surface area contributed by atoms with E-state index < -0.39 is 0 Å². The zero-order chi connectivity index (χ0) is 13.2. The van der Waals surface area contributed by atoms with Crippen molar-refractivity contribution in [3.05, 3.63) is 41.7 Å². The second-order valence-corrected chi connectivity index (χ2v) is 5.57. The molecule has 1 aromatic heterocycles. The third-order valence-corrected chi connectivity index (χ3v) is 2.57. The molecular weight excluding hydrogens is 224 g/mol. The predicted molar refractivity (Wildman–Crippen MR) is 72.7 cm³/mol. The van der Waals surface area contributed by atoms with Gasteiger partial charge in [0.05, 0.1) is 17.6 Å². The van der Waals surface area contributed by atoms with Gasteiger partial charge in [-0.3, -0.25) is 0 Å². The van der Waals surface area contributed by atoms with E-state index >= 15 is 0 Å². The van der Waals surface area contributed by atoms with Crippen LogP contribution in [0.5, 0.6) is 0 Å². The van der Waals surface area contributed by atoms with Crippen molar-refractivity contribution in [1.29, 1.82) is 0 Å². The molecule has 2 aromatic rings. The zero-order valence-corrected chi connectivity index (χ0v) is 11.4. The first-order valence-corrected chi connectivity index (χ1v) is 6.17. The number of aromatic nitrogens is 3. The van der Waals surface area contributed by atoms with Crippen molar-refractivity contribution in [3.8, 4) is 5.69 Å². The Morgan fingerprint density at radius 1 is 1.28 bits per heavy atom. The molecule has 1 heterocycles. The van der Waals surface area contributed by atoms with E-state index in [1.54, 1.807) is 11.0 Å². The maximum atomic E-state index is 4.47. The van der Waals surface area contributed by atoms with Gasteiger partial charge in [0.2, 0.25) is 0 Å². The number of nitrogens with one attached hydrogen (secondary N) is 1. The van der Waals surface area contributed by atoms with Crippen molar-refractivity contribution in [2.45, 2.75) is 39.8 Å². The molecule has 0 fully saturated rings. The van der Waals surface area contributed by atoms with Crippen LogP contribution in [-0.4, -0.2) is 20.5 Å². The number of hydrogen-bond acceptors (Lipinski definition) is 3. The molecule has 4 heteroatoms. The summed E-state index contributed by atoms with van der Waals surface area (Å²) in [5, 5.41) is 12.2. The summed E-state index contributed by atoms with van der Waals surface area (Å²) < 4.78 is 0. The zero-order valence-electron chi connectivity index (χ0n) is 11.4. The number of benzene rings is 1. The van der Waals surface area contributed by atoms with Gasteiger partial charge >= 0.3 is 0 Å². The van der Waals surface area contributed by atoms with Crippen LogP contribution in [0.1, 0.15) is 32.0 Å². The average Bonchev–Trinajstić information content (AvgIpc) is 2.74. The van der Waals surface area contributed by atoms with Gasteiger partial charge in [-0.05, 0) is 45.4 Å². The largest absolute Gasteiger partial charge is 0.306 e. The topological polar surface area (TPSA) is 42.7 Å². The third kappa shape index (κ3) is 3.40. The second-order valence-electron chi connectivity index (χ2n) is 5.57. The average molecular weight is 244 g/mol. The lowest BCUT2D eigenvalue weighted by atomic mass is 10.1. The molecule has 0 spiro atoms. The van der Waals surface area contributed by atoms with Gasteiger partial charge in [-0.25, -0.2) is 0 Å². The van der Waals surface area contributed by atoms with E-state index in [0.717, 1.165) is 17.9 Å². The minimum Gasteiger partial charge on any atom is -0.306 e. The van der Waals surface area contributed by atoms with Gasteiger partial charge in [0.25, 0.3) is 0 Å². The third-order valence-electron chi connectivity index (χ3n) is 2.57. The highest BCUT2D eigenvalue weighted by Crippen LogP contribution is 2.08. The van der Waals surface area contributed by atoms with E-state index in [9.17, 15) is 0 Å². The van der Waals surface area contributed by atoms with E-state index in [1.807, 2.05) is 12.1 Å². The van der Waals surface area contributed by atoms with Crippen LogP contribution in [0.2, 0.25) is 0 Å². The van der Waals surface area contributed by atoms with Gasteiger partial charge < -0.3 is 5.32 Å². The van der Waals surface area contributed by atoms with Gasteiger partial charge in [0, 0.05) is 12.1 Å². The fourth-order valence-corrected chi connectivity index (χ4v) is 1.61. The van der Waals surface area contributed by atoms with Crippen LogP contribution in [0.3, 0.4) is 0 Å². The van der Waals surface area contributed by atoms with E-state index in [4.69, 9.17) is 0 Å². The molecule has 1 aromatic carbocycles. The summed E-state index contributed by atoms with van der Waals surface area (Å²) in [7, 11) is 0. The minimum absolute atomic E-state index is 0.0904. The molecule has 0 saturated carbocycles. The molecule has 0 saturated heterocycles. The van der Waals surface area contributed by atoms with E-state index in [2.05, 4.69) is 55.3 Å². The lowest BCUT2D eigenvalue weighted by Gasteiger charge is -2.19. The Hall–Kier alpha value is -1.68. The molecular formula is C14H20N4.